The molecule has 0 saturated carbocycles. The van der Waals surface area contributed by atoms with Crippen LogP contribution in [0.15, 0.2) is 90.8 Å². The largest absolute Gasteiger partial charge is 0.365 e. The lowest BCUT2D eigenvalue weighted by atomic mass is 9.96. The van der Waals surface area contributed by atoms with Crippen molar-refractivity contribution in [3.8, 4) is 0 Å². The van der Waals surface area contributed by atoms with Gasteiger partial charge < -0.3 is 24.9 Å². The monoisotopic (exact) mass is 830 g/mol. The van der Waals surface area contributed by atoms with Gasteiger partial charge in [0.2, 0.25) is 11.8 Å². The zero-order valence-electron chi connectivity index (χ0n) is 33.5. The molecule has 4 aromatic heterocycles. The van der Waals surface area contributed by atoms with Crippen molar-refractivity contribution in [3.63, 3.8) is 0 Å². The van der Waals surface area contributed by atoms with Gasteiger partial charge in [-0.2, -0.15) is 5.10 Å². The average Bonchev–Trinajstić information content (AvgIpc) is 4.07. The van der Waals surface area contributed by atoms with E-state index in [1.807, 2.05) is 51.5 Å². The summed E-state index contributed by atoms with van der Waals surface area (Å²) >= 11 is 1.69. The number of hydrogen-bond acceptors (Lipinski definition) is 10. The maximum Gasteiger partial charge on any atom is 0.226 e. The molecule has 4 aliphatic heterocycles. The minimum atomic E-state index is -0.181. The van der Waals surface area contributed by atoms with E-state index < -0.39 is 0 Å². The number of rotatable bonds is 11. The Kier molecular flexibility index (Phi) is 12.7. The van der Waals surface area contributed by atoms with Crippen LogP contribution in [0.4, 0.5) is 15.9 Å². The fraction of sp³-hybridized carbons (Fsp3) is 0.435. The highest BCUT2D eigenvalue weighted by Crippen LogP contribution is 2.34. The highest BCUT2D eigenvalue weighted by molar-refractivity contribution is 7.16. The average molecular weight is 831 g/mol. The molecule has 12 nitrogen and oxygen atoms in total. The maximum absolute atomic E-state index is 14.2. The molecular formula is C46H55FN10O2S. The summed E-state index contributed by atoms with van der Waals surface area (Å²) in [5, 5.41) is 7.74. The first kappa shape index (κ1) is 41.3. The molecule has 2 aromatic carbocycles. The summed E-state index contributed by atoms with van der Waals surface area (Å²) in [5.41, 5.74) is 8.04. The second kappa shape index (κ2) is 18.4. The topological polar surface area (TPSA) is 115 Å². The molecule has 0 bridgehead atoms. The van der Waals surface area contributed by atoms with E-state index in [2.05, 4.69) is 77.3 Å². The molecule has 6 aromatic rings. The first-order valence-electron chi connectivity index (χ1n) is 21.0. The first-order chi connectivity index (χ1) is 28.9. The number of aromatic nitrogens is 5. The lowest BCUT2D eigenvalue weighted by molar-refractivity contribution is -0.133. The number of thiazole rings is 1. The van der Waals surface area contributed by atoms with Crippen molar-refractivity contribution in [1.82, 2.24) is 39.7 Å². The van der Waals surface area contributed by atoms with Gasteiger partial charge in [-0.15, -0.1) is 11.3 Å². The van der Waals surface area contributed by atoms with Crippen LogP contribution in [-0.2, 0) is 22.6 Å². The van der Waals surface area contributed by atoms with E-state index in [0.29, 0.717) is 43.2 Å². The van der Waals surface area contributed by atoms with Crippen LogP contribution in [0.25, 0.3) is 15.9 Å². The number of anilines is 2. The number of benzene rings is 2. The zero-order chi connectivity index (χ0) is 40.3. The summed E-state index contributed by atoms with van der Waals surface area (Å²) in [6.07, 6.45) is 9.07. The number of fused-ring (bicyclic) bond motifs is 4. The summed E-state index contributed by atoms with van der Waals surface area (Å²) in [4.78, 5) is 47.5. The van der Waals surface area contributed by atoms with Crippen LogP contribution in [-0.4, -0.2) is 104 Å². The standard InChI is InChI=1S/C23H24FN3OS.C22H27N7O.CH4/c24-19-8-1-2-10-21(19)26-11-12-27-18(14-26)13-17(23(27)28)7-3-5-16-6-4-9-20-22(16)29-15-25-20;1-16-5-6-20(24-12-16)27-9-10-28-19(14-27)11-17(22(28)30)7-8-23-13-18-3-2-4-21-25-15-26-29(18)21;/h1-2,4,6,8-10,15,17-18H,3,5,7,11-14H2;2-6,12,15,17,19,23H,7-11,13-14H2,1H3;1H4/t;17?,19-;/m.0./s1. The quantitative estimate of drug-likeness (QED) is 0.141. The molecule has 14 heteroatoms. The summed E-state index contributed by atoms with van der Waals surface area (Å²) in [6, 6.07) is 23.9. The fourth-order valence-corrected chi connectivity index (χ4v) is 10.3. The van der Waals surface area contributed by atoms with Crippen LogP contribution in [0, 0.1) is 24.6 Å². The highest BCUT2D eigenvalue weighted by Gasteiger charge is 2.43. The maximum atomic E-state index is 14.2. The van der Waals surface area contributed by atoms with Crippen molar-refractivity contribution in [2.75, 3.05) is 55.6 Å². The molecule has 10 rings (SSSR count). The van der Waals surface area contributed by atoms with Gasteiger partial charge in [0.25, 0.3) is 0 Å². The van der Waals surface area contributed by atoms with E-state index in [1.165, 1.54) is 21.9 Å². The van der Waals surface area contributed by atoms with Crippen LogP contribution >= 0.6 is 11.3 Å². The Morgan fingerprint density at radius 3 is 2.33 bits per heavy atom. The van der Waals surface area contributed by atoms with Gasteiger partial charge in [0.15, 0.2) is 5.65 Å². The van der Waals surface area contributed by atoms with E-state index in [9.17, 15) is 14.0 Å². The highest BCUT2D eigenvalue weighted by atomic mass is 32.1. The molecule has 3 unspecified atom stereocenters. The number of nitrogens with zero attached hydrogens (tertiary/aromatic N) is 9. The molecule has 60 heavy (non-hydrogen) atoms. The van der Waals surface area contributed by atoms with E-state index in [4.69, 9.17) is 0 Å². The molecule has 2 amide bonds. The Balaban J connectivity index is 0.000000164. The van der Waals surface area contributed by atoms with Crippen molar-refractivity contribution in [2.45, 2.75) is 71.5 Å². The van der Waals surface area contributed by atoms with Crippen LogP contribution < -0.4 is 15.1 Å². The lowest BCUT2D eigenvalue weighted by Crippen LogP contribution is -2.51. The van der Waals surface area contributed by atoms with Gasteiger partial charge in [-0.3, -0.25) is 9.59 Å². The zero-order valence-corrected chi connectivity index (χ0v) is 34.3. The number of nitrogens with one attached hydrogen (secondary N) is 1. The van der Waals surface area contributed by atoms with Gasteiger partial charge in [0.1, 0.15) is 18.0 Å². The third-order valence-corrected chi connectivity index (χ3v) is 13.5. The van der Waals surface area contributed by atoms with Crippen LogP contribution in [0.2, 0.25) is 0 Å². The van der Waals surface area contributed by atoms with Crippen LogP contribution in [0.5, 0.6) is 0 Å². The smallest absolute Gasteiger partial charge is 0.226 e. The van der Waals surface area contributed by atoms with Gasteiger partial charge in [-0.1, -0.05) is 43.8 Å². The van der Waals surface area contributed by atoms with Crippen molar-refractivity contribution >= 4 is 50.5 Å². The van der Waals surface area contributed by atoms with Crippen molar-refractivity contribution in [3.05, 3.63) is 113 Å². The molecule has 4 atom stereocenters. The van der Waals surface area contributed by atoms with Crippen LogP contribution in [0.1, 0.15) is 56.4 Å². The number of amides is 2. The van der Waals surface area contributed by atoms with Crippen LogP contribution in [0.3, 0.4) is 0 Å². The molecule has 4 fully saturated rings. The number of para-hydroxylation sites is 1. The fourth-order valence-electron chi connectivity index (χ4n) is 9.50. The summed E-state index contributed by atoms with van der Waals surface area (Å²) < 4.78 is 17.3. The number of piperazine rings is 2. The van der Waals surface area contributed by atoms with Gasteiger partial charge >= 0.3 is 0 Å². The molecule has 0 spiro atoms. The number of halogens is 1. The lowest BCUT2D eigenvalue weighted by Gasteiger charge is -2.38. The number of pyridine rings is 2. The van der Waals surface area contributed by atoms with Gasteiger partial charge in [-0.05, 0) is 99.5 Å². The Bertz CT molecular complexity index is 2400. The predicted octanol–water partition coefficient (Wildman–Crippen LogP) is 6.78. The Morgan fingerprint density at radius 1 is 0.800 bits per heavy atom. The van der Waals surface area contributed by atoms with E-state index >= 15 is 0 Å². The first-order valence-corrected chi connectivity index (χ1v) is 21.8. The molecule has 314 valence electrons. The van der Waals surface area contributed by atoms with Crippen molar-refractivity contribution in [1.29, 1.82) is 0 Å². The molecule has 4 saturated heterocycles. The normalized spacial score (nSPS) is 21.2. The number of carbonyl (C=O) groups is 2. The van der Waals surface area contributed by atoms with Gasteiger partial charge in [-0.25, -0.2) is 23.9 Å². The van der Waals surface area contributed by atoms with E-state index in [-0.39, 0.29) is 31.1 Å². The van der Waals surface area contributed by atoms with Crippen molar-refractivity contribution in [2.24, 2.45) is 11.8 Å². The minimum absolute atomic E-state index is 0. The van der Waals surface area contributed by atoms with Crippen molar-refractivity contribution < 1.29 is 14.0 Å². The van der Waals surface area contributed by atoms with E-state index in [0.717, 1.165) is 93.9 Å². The Morgan fingerprint density at radius 2 is 1.55 bits per heavy atom. The number of hydrogen-bond donors (Lipinski definition) is 1. The SMILES string of the molecule is C.Cc1ccc(N2CCN3C(=O)C(CCNCc4cccc5ncnn45)C[C@H]3C2)nc1.O=C1C(CCCc2cccc3ncsc23)CC2CN(c3ccccc3F)CCN12. The minimum Gasteiger partial charge on any atom is -0.365 e. The third kappa shape index (κ3) is 8.71. The van der Waals surface area contributed by atoms with Gasteiger partial charge in [0, 0.05) is 63.8 Å². The Labute approximate surface area is 355 Å². The number of carbonyl (C=O) groups excluding carboxylic acids is 2. The molecule has 1 N–H and O–H groups in total. The second-order valence-electron chi connectivity index (χ2n) is 16.3. The molecular weight excluding hydrogens is 776 g/mol. The summed E-state index contributed by atoms with van der Waals surface area (Å²) in [5.74, 6) is 1.65. The molecule has 8 heterocycles. The van der Waals surface area contributed by atoms with Gasteiger partial charge in [0.05, 0.1) is 39.2 Å². The predicted molar refractivity (Wildman–Crippen MR) is 236 cm³/mol. The van der Waals surface area contributed by atoms with E-state index in [1.54, 1.807) is 23.7 Å². The third-order valence-electron chi connectivity index (χ3n) is 12.5. The number of aryl methyl sites for hydroxylation is 2. The summed E-state index contributed by atoms with van der Waals surface area (Å²) in [7, 11) is 0. The molecule has 4 aliphatic rings. The molecule has 0 aliphatic carbocycles. The summed E-state index contributed by atoms with van der Waals surface area (Å²) in [6.45, 7) is 8.20. The Hall–Kier alpha value is -5.47. The second-order valence-corrected chi connectivity index (χ2v) is 17.2. The molecule has 0 radical (unpaired) electrons.